The first-order valence-electron chi connectivity index (χ1n) is 8.52. The smallest absolute Gasteiger partial charge is 0.321 e. The van der Waals surface area contributed by atoms with E-state index < -0.39 is 40.9 Å². The van der Waals surface area contributed by atoms with Crippen molar-refractivity contribution >= 4 is 27.6 Å². The molecule has 9 heteroatoms. The van der Waals surface area contributed by atoms with Crippen molar-refractivity contribution < 1.29 is 27.1 Å². The van der Waals surface area contributed by atoms with Crippen molar-refractivity contribution in [3.05, 3.63) is 59.4 Å². The van der Waals surface area contributed by atoms with E-state index in [0.717, 1.165) is 29.7 Å². The van der Waals surface area contributed by atoms with Gasteiger partial charge in [0.15, 0.2) is 6.61 Å². The molecule has 2 aromatic rings. The maximum absolute atomic E-state index is 13.1. The molecule has 0 heterocycles. The predicted molar refractivity (Wildman–Crippen MR) is 102 cm³/mol. The highest BCUT2D eigenvalue weighted by atomic mass is 32.2. The summed E-state index contributed by atoms with van der Waals surface area (Å²) in [6, 6.07) is 9.98. The average molecular weight is 408 g/mol. The summed E-state index contributed by atoms with van der Waals surface area (Å²) in [5.74, 6) is -2.19. The Hall–Kier alpha value is -2.78. The maximum Gasteiger partial charge on any atom is 0.321 e. The molecule has 0 spiro atoms. The van der Waals surface area contributed by atoms with Crippen molar-refractivity contribution in [3.63, 3.8) is 0 Å². The van der Waals surface area contributed by atoms with Gasteiger partial charge in [-0.2, -0.15) is 4.72 Å². The largest absolute Gasteiger partial charge is 0.455 e. The number of carbonyl (C=O) groups excluding carboxylic acids is 2. The average Bonchev–Trinajstić information content (AvgIpc) is 2.66. The lowest BCUT2D eigenvalue weighted by atomic mass is 10.1. The number of anilines is 1. The number of sulfonamides is 1. The fourth-order valence-corrected chi connectivity index (χ4v) is 3.45. The number of halogens is 1. The molecule has 0 aromatic heterocycles. The van der Waals surface area contributed by atoms with Crippen LogP contribution < -0.4 is 10.0 Å². The summed E-state index contributed by atoms with van der Waals surface area (Å²) in [7, 11) is -4.07. The Labute approximate surface area is 163 Å². The molecule has 2 aromatic carbocycles. The number of ether oxygens (including phenoxy) is 1. The van der Waals surface area contributed by atoms with Crippen molar-refractivity contribution in [2.75, 3.05) is 18.5 Å². The Morgan fingerprint density at radius 3 is 2.54 bits per heavy atom. The molecule has 0 radical (unpaired) electrons. The van der Waals surface area contributed by atoms with E-state index in [2.05, 4.69) is 5.32 Å². The van der Waals surface area contributed by atoms with Crippen molar-refractivity contribution in [2.24, 2.45) is 0 Å². The molecule has 0 bridgehead atoms. The molecule has 0 aliphatic heterocycles. The molecule has 0 aliphatic carbocycles. The minimum atomic E-state index is -4.07. The summed E-state index contributed by atoms with van der Waals surface area (Å²) in [5.41, 5.74) is 2.49. The first-order chi connectivity index (χ1) is 13.2. The molecule has 0 unspecified atom stereocenters. The number of hydrogen-bond acceptors (Lipinski definition) is 5. The zero-order valence-electron chi connectivity index (χ0n) is 15.5. The van der Waals surface area contributed by atoms with Gasteiger partial charge in [0.05, 0.1) is 4.90 Å². The quantitative estimate of drug-likeness (QED) is 0.652. The van der Waals surface area contributed by atoms with Gasteiger partial charge in [0.2, 0.25) is 10.0 Å². The molecule has 2 rings (SSSR count). The summed E-state index contributed by atoms with van der Waals surface area (Å²) in [4.78, 5) is 23.4. The lowest BCUT2D eigenvalue weighted by Crippen LogP contribution is -2.32. The number of rotatable bonds is 8. The van der Waals surface area contributed by atoms with E-state index in [1.54, 1.807) is 0 Å². The third-order valence-corrected chi connectivity index (χ3v) is 5.28. The molecular formula is C19H21FN2O5S. The Morgan fingerprint density at radius 2 is 1.86 bits per heavy atom. The lowest BCUT2D eigenvalue weighted by Gasteiger charge is -2.13. The van der Waals surface area contributed by atoms with Crippen LogP contribution in [0.15, 0.2) is 47.4 Å². The van der Waals surface area contributed by atoms with Crippen molar-refractivity contribution in [3.8, 4) is 0 Å². The number of aryl methyl sites for hydroxylation is 2. The Kier molecular flexibility index (Phi) is 7.24. The molecule has 150 valence electrons. The van der Waals surface area contributed by atoms with Crippen LogP contribution in [0.25, 0.3) is 0 Å². The van der Waals surface area contributed by atoms with Crippen LogP contribution in [0.5, 0.6) is 0 Å². The molecule has 0 saturated carbocycles. The van der Waals surface area contributed by atoms with Gasteiger partial charge >= 0.3 is 5.97 Å². The van der Waals surface area contributed by atoms with E-state index in [9.17, 15) is 22.4 Å². The van der Waals surface area contributed by atoms with E-state index in [1.807, 2.05) is 36.8 Å². The second-order valence-corrected chi connectivity index (χ2v) is 7.72. The maximum atomic E-state index is 13.1. The van der Waals surface area contributed by atoms with Crippen LogP contribution in [0, 0.1) is 12.7 Å². The third kappa shape index (κ3) is 5.86. The van der Waals surface area contributed by atoms with Crippen molar-refractivity contribution in [1.82, 2.24) is 4.72 Å². The van der Waals surface area contributed by atoms with Crippen LogP contribution in [0.4, 0.5) is 10.1 Å². The van der Waals surface area contributed by atoms with Crippen LogP contribution >= 0.6 is 0 Å². The van der Waals surface area contributed by atoms with Crippen LogP contribution in [-0.4, -0.2) is 33.4 Å². The number of benzene rings is 2. The van der Waals surface area contributed by atoms with Gasteiger partial charge in [-0.1, -0.05) is 31.2 Å². The predicted octanol–water partition coefficient (Wildman–Crippen LogP) is 2.16. The van der Waals surface area contributed by atoms with Gasteiger partial charge in [-0.25, -0.2) is 12.8 Å². The number of esters is 1. The van der Waals surface area contributed by atoms with Crippen LogP contribution in [0.3, 0.4) is 0 Å². The second-order valence-electron chi connectivity index (χ2n) is 5.95. The Morgan fingerprint density at radius 1 is 1.14 bits per heavy atom. The molecule has 28 heavy (non-hydrogen) atoms. The minimum Gasteiger partial charge on any atom is -0.455 e. The van der Waals surface area contributed by atoms with E-state index in [1.165, 1.54) is 12.1 Å². The first kappa shape index (κ1) is 21.5. The van der Waals surface area contributed by atoms with Crippen molar-refractivity contribution in [2.45, 2.75) is 25.2 Å². The fraction of sp³-hybridized carbons (Fsp3) is 0.263. The van der Waals surface area contributed by atoms with Crippen molar-refractivity contribution in [1.29, 1.82) is 0 Å². The van der Waals surface area contributed by atoms with E-state index >= 15 is 0 Å². The van der Waals surface area contributed by atoms with Crippen LogP contribution in [0.2, 0.25) is 0 Å². The molecule has 0 aliphatic rings. The Bertz CT molecular complexity index is 976. The fourth-order valence-electron chi connectivity index (χ4n) is 2.45. The Balaban J connectivity index is 1.86. The zero-order chi connectivity index (χ0) is 20.7. The molecule has 0 saturated heterocycles. The van der Waals surface area contributed by atoms with Gasteiger partial charge in [-0.05, 0) is 42.7 Å². The second kappa shape index (κ2) is 9.43. The van der Waals surface area contributed by atoms with Gasteiger partial charge in [-0.15, -0.1) is 0 Å². The highest BCUT2D eigenvalue weighted by Crippen LogP contribution is 2.20. The summed E-state index contributed by atoms with van der Waals surface area (Å²) < 4.78 is 44.0. The minimum absolute atomic E-state index is 0.315. The highest BCUT2D eigenvalue weighted by Gasteiger charge is 2.17. The highest BCUT2D eigenvalue weighted by molar-refractivity contribution is 7.89. The van der Waals surface area contributed by atoms with Gasteiger partial charge in [0, 0.05) is 5.69 Å². The lowest BCUT2D eigenvalue weighted by molar-refractivity contribution is -0.146. The number of nitrogens with one attached hydrogen (secondary N) is 2. The number of hydrogen-bond donors (Lipinski definition) is 2. The van der Waals surface area contributed by atoms with Crippen LogP contribution in [-0.2, 0) is 30.8 Å². The van der Waals surface area contributed by atoms with Gasteiger partial charge in [-0.3, -0.25) is 9.59 Å². The normalized spacial score (nSPS) is 11.1. The van der Waals surface area contributed by atoms with Crippen LogP contribution in [0.1, 0.15) is 18.1 Å². The number of amides is 1. The van der Waals surface area contributed by atoms with E-state index in [-0.39, 0.29) is 4.90 Å². The monoisotopic (exact) mass is 408 g/mol. The molecular weight excluding hydrogens is 387 g/mol. The number of para-hydroxylation sites is 1. The zero-order valence-corrected chi connectivity index (χ0v) is 16.3. The van der Waals surface area contributed by atoms with Gasteiger partial charge in [0.25, 0.3) is 5.91 Å². The standard InChI is InChI=1S/C19H21FN2O5S/c1-3-14-7-4-6-13(2)19(14)22-17(23)12-27-18(24)11-21-28(25,26)16-9-5-8-15(20)10-16/h4-10,21H,3,11-12H2,1-2H3,(H,22,23). The molecule has 1 amide bonds. The topological polar surface area (TPSA) is 102 Å². The first-order valence-corrected chi connectivity index (χ1v) is 10.0. The molecule has 0 fully saturated rings. The van der Waals surface area contributed by atoms with E-state index in [4.69, 9.17) is 4.74 Å². The van der Waals surface area contributed by atoms with Gasteiger partial charge < -0.3 is 10.1 Å². The van der Waals surface area contributed by atoms with E-state index in [0.29, 0.717) is 5.69 Å². The summed E-state index contributed by atoms with van der Waals surface area (Å²) in [6.07, 6.45) is 0.721. The van der Waals surface area contributed by atoms with Gasteiger partial charge in [0.1, 0.15) is 12.4 Å². The molecule has 0 atom stereocenters. The third-order valence-electron chi connectivity index (χ3n) is 3.88. The molecule has 2 N–H and O–H groups in total. The summed E-state index contributed by atoms with van der Waals surface area (Å²) in [6.45, 7) is 2.56. The summed E-state index contributed by atoms with van der Waals surface area (Å²) >= 11 is 0. The molecule has 7 nitrogen and oxygen atoms in total. The SMILES string of the molecule is CCc1cccc(C)c1NC(=O)COC(=O)CNS(=O)(=O)c1cccc(F)c1. The summed E-state index contributed by atoms with van der Waals surface area (Å²) in [5, 5.41) is 2.69. The number of carbonyl (C=O) groups is 2.